The summed E-state index contributed by atoms with van der Waals surface area (Å²) in [5.41, 5.74) is 6.40. The van der Waals surface area contributed by atoms with Crippen LogP contribution in [0.4, 0.5) is 11.4 Å². The number of nitrogens with zero attached hydrogens (tertiary/aromatic N) is 2. The second-order valence-corrected chi connectivity index (χ2v) is 8.26. The van der Waals surface area contributed by atoms with E-state index in [9.17, 15) is 19.7 Å². The van der Waals surface area contributed by atoms with E-state index in [1.165, 1.54) is 30.5 Å². The molecule has 0 radical (unpaired) electrons. The minimum atomic E-state index is -0.827. The second-order valence-electron chi connectivity index (χ2n) is 8.26. The minimum absolute atomic E-state index is 0.0473. The number of nitro groups is 1. The third-order valence-electron chi connectivity index (χ3n) is 4.47. The van der Waals surface area contributed by atoms with Crippen LogP contribution in [-0.2, 0) is 4.79 Å². The molecule has 0 aliphatic carbocycles. The Morgan fingerprint density at radius 2 is 1.74 bits per heavy atom. The quantitative estimate of drug-likeness (QED) is 0.385. The summed E-state index contributed by atoms with van der Waals surface area (Å²) >= 11 is 0. The van der Waals surface area contributed by atoms with Crippen LogP contribution < -0.4 is 16.4 Å². The molecule has 168 valence electrons. The Morgan fingerprint density at radius 3 is 2.29 bits per heavy atom. The van der Waals surface area contributed by atoms with Crippen LogP contribution in [0.5, 0.6) is 0 Å². The zero-order valence-corrected chi connectivity index (χ0v) is 18.1. The monoisotopic (exact) mass is 431 g/mol. The Morgan fingerprint density at radius 1 is 1.13 bits per heavy atom. The van der Waals surface area contributed by atoms with Gasteiger partial charge >= 0.3 is 0 Å². The largest absolute Gasteiger partial charge is 0.446 e. The number of amides is 2. The van der Waals surface area contributed by atoms with Crippen LogP contribution in [0.25, 0.3) is 0 Å². The van der Waals surface area contributed by atoms with Crippen LogP contribution in [0.2, 0.25) is 0 Å². The lowest BCUT2D eigenvalue weighted by atomic mass is 10.0. The SMILES string of the molecule is CC(C)CC(NC(=O)c1coc(C(N)CC(C)C)n1)C(=O)Nc1ccc([N+](=O)[O-])cc1. The number of anilines is 1. The molecule has 4 N–H and O–H groups in total. The number of oxazole rings is 1. The number of hydrogen-bond acceptors (Lipinski definition) is 7. The molecule has 0 saturated heterocycles. The van der Waals surface area contributed by atoms with Crippen molar-refractivity contribution >= 4 is 23.2 Å². The van der Waals surface area contributed by atoms with Gasteiger partial charge in [0, 0.05) is 17.8 Å². The van der Waals surface area contributed by atoms with Gasteiger partial charge in [0.1, 0.15) is 12.3 Å². The van der Waals surface area contributed by atoms with Crippen molar-refractivity contribution in [2.24, 2.45) is 17.6 Å². The molecule has 1 aromatic heterocycles. The molecule has 0 bridgehead atoms. The zero-order chi connectivity index (χ0) is 23.1. The number of nitro benzene ring substituents is 1. The van der Waals surface area contributed by atoms with Crippen LogP contribution in [0.15, 0.2) is 34.9 Å². The third kappa shape index (κ3) is 7.18. The summed E-state index contributed by atoms with van der Waals surface area (Å²) < 4.78 is 5.35. The Labute approximate surface area is 180 Å². The molecule has 31 heavy (non-hydrogen) atoms. The normalized spacial score (nSPS) is 13.1. The Kier molecular flexibility index (Phi) is 8.26. The number of nitrogens with two attached hydrogens (primary N) is 1. The summed E-state index contributed by atoms with van der Waals surface area (Å²) in [5, 5.41) is 16.1. The minimum Gasteiger partial charge on any atom is -0.446 e. The van der Waals surface area contributed by atoms with Crippen molar-refractivity contribution in [3.05, 3.63) is 52.2 Å². The number of hydrogen-bond donors (Lipinski definition) is 3. The van der Waals surface area contributed by atoms with Crippen molar-refractivity contribution in [1.82, 2.24) is 10.3 Å². The van der Waals surface area contributed by atoms with E-state index in [1.54, 1.807) is 0 Å². The number of benzene rings is 1. The number of carbonyl (C=O) groups is 2. The van der Waals surface area contributed by atoms with Gasteiger partial charge < -0.3 is 20.8 Å². The molecular weight excluding hydrogens is 402 g/mol. The molecular formula is C21H29N5O5. The fourth-order valence-electron chi connectivity index (χ4n) is 3.00. The lowest BCUT2D eigenvalue weighted by Crippen LogP contribution is -2.44. The van der Waals surface area contributed by atoms with Gasteiger partial charge in [0.25, 0.3) is 11.6 Å². The maximum atomic E-state index is 12.7. The highest BCUT2D eigenvalue weighted by molar-refractivity contribution is 6.00. The predicted octanol–water partition coefficient (Wildman–Crippen LogP) is 3.41. The van der Waals surface area contributed by atoms with E-state index in [2.05, 4.69) is 15.6 Å². The van der Waals surface area contributed by atoms with Crippen LogP contribution in [-0.4, -0.2) is 27.8 Å². The van der Waals surface area contributed by atoms with Crippen molar-refractivity contribution in [2.45, 2.75) is 52.6 Å². The molecule has 2 atom stereocenters. The summed E-state index contributed by atoms with van der Waals surface area (Å²) in [6.45, 7) is 7.90. The number of aromatic nitrogens is 1. The molecule has 2 aromatic rings. The van der Waals surface area contributed by atoms with Gasteiger partial charge in [0.05, 0.1) is 11.0 Å². The second kappa shape index (κ2) is 10.7. The summed E-state index contributed by atoms with van der Waals surface area (Å²) in [5.74, 6) is -0.236. The number of non-ortho nitro benzene ring substituents is 1. The van der Waals surface area contributed by atoms with E-state index in [0.717, 1.165) is 0 Å². The van der Waals surface area contributed by atoms with E-state index < -0.39 is 28.8 Å². The zero-order valence-electron chi connectivity index (χ0n) is 18.1. The van der Waals surface area contributed by atoms with E-state index in [4.69, 9.17) is 10.2 Å². The molecule has 0 aliphatic heterocycles. The Hall–Kier alpha value is -3.27. The molecule has 1 aromatic carbocycles. The first kappa shape index (κ1) is 24.0. The van der Waals surface area contributed by atoms with Gasteiger partial charge in [-0.05, 0) is 36.8 Å². The van der Waals surface area contributed by atoms with Gasteiger partial charge in [-0.3, -0.25) is 19.7 Å². The lowest BCUT2D eigenvalue weighted by Gasteiger charge is -2.19. The fourth-order valence-corrected chi connectivity index (χ4v) is 3.00. The average molecular weight is 431 g/mol. The highest BCUT2D eigenvalue weighted by Crippen LogP contribution is 2.19. The Balaban J connectivity index is 2.08. The number of rotatable bonds is 10. The molecule has 2 amide bonds. The summed E-state index contributed by atoms with van der Waals surface area (Å²) in [7, 11) is 0. The first-order valence-electron chi connectivity index (χ1n) is 10.1. The molecule has 0 aliphatic rings. The van der Waals surface area contributed by atoms with E-state index in [1.807, 2.05) is 27.7 Å². The Bertz CT molecular complexity index is 907. The van der Waals surface area contributed by atoms with Crippen molar-refractivity contribution in [3.63, 3.8) is 0 Å². The maximum Gasteiger partial charge on any atom is 0.273 e. The van der Waals surface area contributed by atoms with Gasteiger partial charge in [0.15, 0.2) is 5.69 Å². The summed E-state index contributed by atoms with van der Waals surface area (Å²) in [4.78, 5) is 39.8. The van der Waals surface area contributed by atoms with Crippen LogP contribution in [0, 0.1) is 22.0 Å². The van der Waals surface area contributed by atoms with Crippen molar-refractivity contribution < 1.29 is 18.9 Å². The maximum absolute atomic E-state index is 12.7. The van der Waals surface area contributed by atoms with Gasteiger partial charge in [-0.25, -0.2) is 4.98 Å². The standard InChI is InChI=1S/C21H29N5O5/c1-12(2)9-16(22)21-25-18(11-31-21)20(28)24-17(10-13(3)4)19(27)23-14-5-7-15(8-6-14)26(29)30/h5-8,11-13,16-17H,9-10,22H2,1-4H3,(H,23,27)(H,24,28). The van der Waals surface area contributed by atoms with Crippen LogP contribution >= 0.6 is 0 Å². The molecule has 0 spiro atoms. The average Bonchev–Trinajstić information content (AvgIpc) is 3.17. The fraction of sp³-hybridized carbons (Fsp3) is 0.476. The highest BCUT2D eigenvalue weighted by atomic mass is 16.6. The van der Waals surface area contributed by atoms with E-state index in [0.29, 0.717) is 24.4 Å². The number of carbonyl (C=O) groups excluding carboxylic acids is 2. The molecule has 2 unspecified atom stereocenters. The summed E-state index contributed by atoms with van der Waals surface area (Å²) in [6.07, 6.45) is 2.28. The summed E-state index contributed by atoms with van der Waals surface area (Å²) in [6, 6.07) is 4.21. The smallest absolute Gasteiger partial charge is 0.273 e. The van der Waals surface area contributed by atoms with Crippen molar-refractivity contribution in [3.8, 4) is 0 Å². The molecule has 0 saturated carbocycles. The molecule has 1 heterocycles. The molecule has 10 nitrogen and oxygen atoms in total. The van der Waals surface area contributed by atoms with Crippen LogP contribution in [0.1, 0.15) is 63.0 Å². The van der Waals surface area contributed by atoms with Gasteiger partial charge in [-0.15, -0.1) is 0 Å². The molecule has 0 fully saturated rings. The number of nitrogens with one attached hydrogen (secondary N) is 2. The lowest BCUT2D eigenvalue weighted by molar-refractivity contribution is -0.384. The van der Waals surface area contributed by atoms with Gasteiger partial charge in [-0.2, -0.15) is 0 Å². The van der Waals surface area contributed by atoms with Gasteiger partial charge in [0.2, 0.25) is 11.8 Å². The third-order valence-corrected chi connectivity index (χ3v) is 4.47. The van der Waals surface area contributed by atoms with E-state index in [-0.39, 0.29) is 23.2 Å². The molecule has 10 heteroatoms. The first-order chi connectivity index (χ1) is 14.6. The first-order valence-corrected chi connectivity index (χ1v) is 10.1. The predicted molar refractivity (Wildman–Crippen MR) is 115 cm³/mol. The highest BCUT2D eigenvalue weighted by Gasteiger charge is 2.25. The van der Waals surface area contributed by atoms with E-state index >= 15 is 0 Å². The van der Waals surface area contributed by atoms with Crippen LogP contribution in [0.3, 0.4) is 0 Å². The van der Waals surface area contributed by atoms with Crippen molar-refractivity contribution in [2.75, 3.05) is 5.32 Å². The topological polar surface area (TPSA) is 153 Å². The van der Waals surface area contributed by atoms with Crippen molar-refractivity contribution in [1.29, 1.82) is 0 Å². The molecule has 2 rings (SSSR count). The van der Waals surface area contributed by atoms with Gasteiger partial charge in [-0.1, -0.05) is 27.7 Å².